The molecule has 0 aliphatic carbocycles. The fourth-order valence-electron chi connectivity index (χ4n) is 8.47. The van der Waals surface area contributed by atoms with Crippen LogP contribution in [-0.2, 0) is 0 Å². The van der Waals surface area contributed by atoms with Crippen LogP contribution in [0.15, 0.2) is 182 Å². The van der Waals surface area contributed by atoms with Crippen molar-refractivity contribution in [2.45, 2.75) is 0 Å². The Kier molecular flexibility index (Phi) is 5.70. The molecule has 0 saturated heterocycles. The topological polar surface area (TPSA) is 9.86 Å². The molecule has 0 fully saturated rings. The van der Waals surface area contributed by atoms with Crippen molar-refractivity contribution < 1.29 is 0 Å². The fraction of sp³-hybridized carbons (Fsp3) is 0. The molecule has 0 unspecified atom stereocenters. The molecule has 2 heteroatoms. The van der Waals surface area contributed by atoms with Gasteiger partial charge < -0.3 is 9.13 Å². The van der Waals surface area contributed by atoms with E-state index in [1.807, 2.05) is 0 Å². The molecule has 2 nitrogen and oxygen atoms in total. The number of hydrogen-bond acceptors (Lipinski definition) is 0. The van der Waals surface area contributed by atoms with Gasteiger partial charge >= 0.3 is 0 Å². The summed E-state index contributed by atoms with van der Waals surface area (Å²) in [6, 6.07) is 66.8. The molecule has 11 rings (SSSR count). The molecule has 50 heavy (non-hydrogen) atoms. The van der Waals surface area contributed by atoms with E-state index >= 15 is 0 Å². The van der Waals surface area contributed by atoms with Crippen molar-refractivity contribution in [2.75, 3.05) is 0 Å². The maximum atomic E-state index is 2.49. The van der Waals surface area contributed by atoms with Gasteiger partial charge in [0.15, 0.2) is 0 Å². The molecule has 0 saturated carbocycles. The molecular weight excluding hydrogens is 605 g/mol. The van der Waals surface area contributed by atoms with Crippen molar-refractivity contribution in [3.8, 4) is 33.8 Å². The molecule has 2 heterocycles. The number of nitrogens with zero attached hydrogens (tertiary/aromatic N) is 2. The van der Waals surface area contributed by atoms with Crippen molar-refractivity contribution in [3.63, 3.8) is 0 Å². The van der Waals surface area contributed by atoms with Crippen LogP contribution in [-0.4, -0.2) is 9.13 Å². The van der Waals surface area contributed by atoms with Gasteiger partial charge in [-0.1, -0.05) is 146 Å². The van der Waals surface area contributed by atoms with E-state index in [-0.39, 0.29) is 0 Å². The van der Waals surface area contributed by atoms with E-state index in [0.29, 0.717) is 0 Å². The monoisotopic (exact) mass is 634 g/mol. The highest BCUT2D eigenvalue weighted by Gasteiger charge is 2.21. The highest BCUT2D eigenvalue weighted by atomic mass is 15.0. The first-order chi connectivity index (χ1) is 24.8. The lowest BCUT2D eigenvalue weighted by Crippen LogP contribution is -2.00. The van der Waals surface area contributed by atoms with E-state index in [0.717, 1.165) is 11.4 Å². The van der Waals surface area contributed by atoms with Crippen molar-refractivity contribution in [1.29, 1.82) is 0 Å². The largest absolute Gasteiger partial charge is 0.307 e. The van der Waals surface area contributed by atoms with Crippen LogP contribution >= 0.6 is 0 Å². The molecule has 0 aliphatic heterocycles. The van der Waals surface area contributed by atoms with E-state index in [2.05, 4.69) is 191 Å². The van der Waals surface area contributed by atoms with Crippen LogP contribution in [0.25, 0.3) is 98.8 Å². The zero-order valence-corrected chi connectivity index (χ0v) is 27.2. The number of benzene rings is 9. The average molecular weight is 635 g/mol. The summed E-state index contributed by atoms with van der Waals surface area (Å²) < 4.78 is 4.94. The van der Waals surface area contributed by atoms with Crippen molar-refractivity contribution in [3.05, 3.63) is 182 Å². The summed E-state index contributed by atoms with van der Waals surface area (Å²) in [4.78, 5) is 0. The summed E-state index contributed by atoms with van der Waals surface area (Å²) in [5, 5.41) is 11.6. The summed E-state index contributed by atoms with van der Waals surface area (Å²) in [5.74, 6) is 0. The molecule has 0 amide bonds. The Bertz CT molecular complexity index is 3060. The molecule has 0 spiro atoms. The molecule has 0 N–H and O–H groups in total. The average Bonchev–Trinajstić information content (AvgIpc) is 3.74. The Morgan fingerprint density at radius 3 is 1.78 bits per heavy atom. The van der Waals surface area contributed by atoms with E-state index < -0.39 is 0 Å². The first-order valence-corrected chi connectivity index (χ1v) is 17.3. The van der Waals surface area contributed by atoms with Crippen molar-refractivity contribution in [1.82, 2.24) is 9.13 Å². The van der Waals surface area contributed by atoms with Crippen LogP contribution in [0.3, 0.4) is 0 Å². The first-order valence-electron chi connectivity index (χ1n) is 17.3. The van der Waals surface area contributed by atoms with E-state index in [9.17, 15) is 0 Å². The predicted molar refractivity (Wildman–Crippen MR) is 212 cm³/mol. The number of rotatable bonds is 4. The molecule has 9 aromatic carbocycles. The Balaban J connectivity index is 1.23. The van der Waals surface area contributed by atoms with Gasteiger partial charge in [0.1, 0.15) is 0 Å². The summed E-state index contributed by atoms with van der Waals surface area (Å²) >= 11 is 0. The summed E-state index contributed by atoms with van der Waals surface area (Å²) in [6.07, 6.45) is 0. The van der Waals surface area contributed by atoms with Gasteiger partial charge in [0, 0.05) is 27.5 Å². The van der Waals surface area contributed by atoms with Gasteiger partial charge in [-0.05, 0) is 85.4 Å². The van der Waals surface area contributed by atoms with E-state index in [1.54, 1.807) is 0 Å². The third-order valence-electron chi connectivity index (χ3n) is 10.6. The number of hydrogen-bond donors (Lipinski definition) is 0. The zero-order valence-electron chi connectivity index (χ0n) is 27.2. The molecular formula is C48H30N2. The molecule has 2 aromatic heterocycles. The fourth-order valence-corrected chi connectivity index (χ4v) is 8.47. The second-order valence-corrected chi connectivity index (χ2v) is 13.3. The highest BCUT2D eigenvalue weighted by Crippen LogP contribution is 2.43. The second-order valence-electron chi connectivity index (χ2n) is 13.3. The van der Waals surface area contributed by atoms with Crippen LogP contribution in [0.4, 0.5) is 0 Å². The molecule has 0 radical (unpaired) electrons. The van der Waals surface area contributed by atoms with Gasteiger partial charge in [0.25, 0.3) is 0 Å². The molecule has 0 aliphatic rings. The highest BCUT2D eigenvalue weighted by molar-refractivity contribution is 6.25. The second kappa shape index (κ2) is 10.4. The third kappa shape index (κ3) is 3.85. The van der Waals surface area contributed by atoms with E-state index in [4.69, 9.17) is 0 Å². The van der Waals surface area contributed by atoms with Gasteiger partial charge in [-0.2, -0.15) is 0 Å². The Hall–Kier alpha value is -6.64. The predicted octanol–water partition coefficient (Wildman–Crippen LogP) is 13.0. The van der Waals surface area contributed by atoms with Crippen molar-refractivity contribution >= 4 is 65.0 Å². The van der Waals surface area contributed by atoms with Gasteiger partial charge in [-0.3, -0.25) is 0 Å². The maximum Gasteiger partial charge on any atom is 0.0788 e. The lowest BCUT2D eigenvalue weighted by atomic mass is 9.90. The number of aromatic nitrogens is 2. The number of para-hydroxylation sites is 2. The van der Waals surface area contributed by atoms with Crippen LogP contribution in [0.2, 0.25) is 0 Å². The minimum absolute atomic E-state index is 1.15. The van der Waals surface area contributed by atoms with Gasteiger partial charge in [-0.25, -0.2) is 0 Å². The molecule has 232 valence electrons. The lowest BCUT2D eigenvalue weighted by molar-refractivity contribution is 1.12. The Morgan fingerprint density at radius 2 is 0.940 bits per heavy atom. The van der Waals surface area contributed by atoms with Crippen LogP contribution in [0.5, 0.6) is 0 Å². The van der Waals surface area contributed by atoms with Gasteiger partial charge in [-0.15, -0.1) is 0 Å². The molecule has 0 bridgehead atoms. The van der Waals surface area contributed by atoms with Gasteiger partial charge in [0.2, 0.25) is 0 Å². The number of fused-ring (bicyclic) bond motifs is 5. The van der Waals surface area contributed by atoms with Crippen molar-refractivity contribution in [2.24, 2.45) is 0 Å². The van der Waals surface area contributed by atoms with Crippen LogP contribution in [0, 0.1) is 0 Å². The first kappa shape index (κ1) is 27.3. The molecule has 0 atom stereocenters. The Labute approximate surface area is 289 Å². The zero-order chi connectivity index (χ0) is 32.8. The smallest absolute Gasteiger partial charge is 0.0788 e. The van der Waals surface area contributed by atoms with Gasteiger partial charge in [0.05, 0.1) is 22.2 Å². The Morgan fingerprint density at radius 1 is 0.320 bits per heavy atom. The SMILES string of the molecule is c1ccc(-c2cc3ccc4c5ccccc5n(-c5cccc(-c6ccc7ccc8cccc9ccc6c7c89)c5)c4c3n2-c2ccccc2)cc1. The van der Waals surface area contributed by atoms with Crippen LogP contribution < -0.4 is 0 Å². The lowest BCUT2D eigenvalue weighted by Gasteiger charge is -2.16. The normalized spacial score (nSPS) is 12.0. The summed E-state index contributed by atoms with van der Waals surface area (Å²) in [5.41, 5.74) is 10.7. The maximum absolute atomic E-state index is 2.49. The van der Waals surface area contributed by atoms with Crippen LogP contribution in [0.1, 0.15) is 0 Å². The summed E-state index contributed by atoms with van der Waals surface area (Å²) in [7, 11) is 0. The summed E-state index contributed by atoms with van der Waals surface area (Å²) in [6.45, 7) is 0. The van der Waals surface area contributed by atoms with E-state index in [1.165, 1.54) is 87.4 Å². The minimum Gasteiger partial charge on any atom is -0.307 e. The quantitative estimate of drug-likeness (QED) is 0.171. The molecule has 11 aromatic rings. The minimum atomic E-state index is 1.15. The third-order valence-corrected chi connectivity index (χ3v) is 10.6. The standard InChI is InChI=1S/C48H30N2/c1-3-11-31(12-4-1)44-30-36-25-28-42-40-19-7-8-20-43(40)50(48(42)47(36)49(44)37-16-5-2-6-17-37)38-18-10-15-35(29-38)39-26-23-34-22-21-32-13-9-14-33-24-27-41(39)46(34)45(32)33/h1-30H.